The fourth-order valence-corrected chi connectivity index (χ4v) is 5.08. The van der Waals surface area contributed by atoms with Gasteiger partial charge in [0.1, 0.15) is 5.65 Å². The van der Waals surface area contributed by atoms with Gasteiger partial charge in [-0.3, -0.25) is 9.69 Å². The van der Waals surface area contributed by atoms with Crippen molar-refractivity contribution in [3.05, 3.63) is 89.2 Å². The van der Waals surface area contributed by atoms with Gasteiger partial charge in [-0.05, 0) is 100 Å². The Morgan fingerprint density at radius 1 is 1.06 bits per heavy atom. The number of nitrogens with zero attached hydrogens (tertiary/aromatic N) is 4. The molecule has 2 aromatic rings. The molecule has 3 aliphatic heterocycles. The van der Waals surface area contributed by atoms with Crippen molar-refractivity contribution < 1.29 is 4.79 Å². The summed E-state index contributed by atoms with van der Waals surface area (Å²) in [6, 6.07) is 2.70. The predicted molar refractivity (Wildman–Crippen MR) is 133 cm³/mol. The maximum absolute atomic E-state index is 13.4. The number of aryl methyl sites for hydroxylation is 2. The number of aromatic nitrogens is 2. The molecule has 1 fully saturated rings. The van der Waals surface area contributed by atoms with Crippen molar-refractivity contribution in [3.8, 4) is 0 Å². The number of carbonyl (C=O) groups is 1. The zero-order valence-electron chi connectivity index (χ0n) is 20.0. The van der Waals surface area contributed by atoms with Crippen LogP contribution in [-0.2, 0) is 4.79 Å². The van der Waals surface area contributed by atoms with Gasteiger partial charge < -0.3 is 9.30 Å². The Hall–Kier alpha value is -3.18. The van der Waals surface area contributed by atoms with Crippen molar-refractivity contribution in [1.29, 1.82) is 0 Å². The molecule has 170 valence electrons. The maximum atomic E-state index is 13.4. The first-order valence-electron chi connectivity index (χ1n) is 11.9. The van der Waals surface area contributed by atoms with E-state index in [1.807, 2.05) is 35.7 Å². The molecule has 33 heavy (non-hydrogen) atoms. The largest absolute Gasteiger partial charge is 0.306 e. The molecule has 3 aliphatic rings. The third kappa shape index (κ3) is 4.25. The monoisotopic (exact) mass is 440 g/mol. The number of hydrogen-bond acceptors (Lipinski definition) is 3. The van der Waals surface area contributed by atoms with Crippen LogP contribution in [0.3, 0.4) is 0 Å². The number of hydrogen-bond donors (Lipinski definition) is 0. The Kier molecular flexibility index (Phi) is 5.67. The summed E-state index contributed by atoms with van der Waals surface area (Å²) in [5.41, 5.74) is 7.12. The molecule has 0 atom stereocenters. The summed E-state index contributed by atoms with van der Waals surface area (Å²) in [5, 5.41) is 0. The van der Waals surface area contributed by atoms with E-state index >= 15 is 0 Å². The molecule has 0 saturated carbocycles. The lowest BCUT2D eigenvalue weighted by atomic mass is 9.87. The van der Waals surface area contributed by atoms with Crippen molar-refractivity contribution in [2.75, 3.05) is 13.1 Å². The summed E-state index contributed by atoms with van der Waals surface area (Å²) in [5.74, 6) is 0.492. The molecular weight excluding hydrogens is 408 g/mol. The quantitative estimate of drug-likeness (QED) is 0.659. The van der Waals surface area contributed by atoms with Crippen LogP contribution >= 0.6 is 0 Å². The summed E-state index contributed by atoms with van der Waals surface area (Å²) < 4.78 is 2.05. The highest BCUT2D eigenvalue weighted by Gasteiger charge is 2.26. The van der Waals surface area contributed by atoms with Gasteiger partial charge in [0.05, 0.1) is 5.69 Å². The van der Waals surface area contributed by atoms with E-state index in [4.69, 9.17) is 0 Å². The summed E-state index contributed by atoms with van der Waals surface area (Å²) in [6.07, 6.45) is 20.5. The van der Waals surface area contributed by atoms with Gasteiger partial charge in [-0.1, -0.05) is 18.2 Å². The number of likely N-dealkylation sites (tertiary alicyclic amines) is 1. The molecular formula is C28H32N4O. The lowest BCUT2D eigenvalue weighted by Crippen LogP contribution is -2.39. The Morgan fingerprint density at radius 2 is 1.85 bits per heavy atom. The highest BCUT2D eigenvalue weighted by atomic mass is 16.2. The number of imidazole rings is 1. The Balaban J connectivity index is 1.43. The van der Waals surface area contributed by atoms with Crippen LogP contribution in [0.5, 0.6) is 0 Å². The molecule has 0 bridgehead atoms. The van der Waals surface area contributed by atoms with E-state index in [0.29, 0.717) is 12.0 Å². The van der Waals surface area contributed by atoms with Crippen LogP contribution in [0, 0.1) is 19.8 Å². The average Bonchev–Trinajstić information content (AvgIpc) is 3.18. The van der Waals surface area contributed by atoms with E-state index in [1.165, 1.54) is 5.57 Å². The second-order valence-corrected chi connectivity index (χ2v) is 9.65. The zero-order chi connectivity index (χ0) is 23.1. The Morgan fingerprint density at radius 3 is 2.61 bits per heavy atom. The van der Waals surface area contributed by atoms with Gasteiger partial charge in [0, 0.05) is 36.4 Å². The summed E-state index contributed by atoms with van der Waals surface area (Å²) >= 11 is 0. The van der Waals surface area contributed by atoms with Crippen LogP contribution in [0.1, 0.15) is 43.5 Å². The van der Waals surface area contributed by atoms with Crippen LogP contribution < -0.4 is 0 Å². The van der Waals surface area contributed by atoms with Crippen molar-refractivity contribution in [2.24, 2.45) is 5.92 Å². The van der Waals surface area contributed by atoms with Crippen LogP contribution in [0.15, 0.2) is 72.4 Å². The van der Waals surface area contributed by atoms with Crippen molar-refractivity contribution >= 4 is 17.1 Å². The number of rotatable bonds is 3. The molecule has 0 aromatic carbocycles. The lowest BCUT2D eigenvalue weighted by molar-refractivity contribution is -0.122. The highest BCUT2D eigenvalue weighted by Crippen LogP contribution is 2.31. The van der Waals surface area contributed by atoms with Crippen LogP contribution in [0.4, 0.5) is 0 Å². The average molecular weight is 441 g/mol. The first-order valence-corrected chi connectivity index (χ1v) is 11.9. The minimum Gasteiger partial charge on any atom is -0.306 e. The summed E-state index contributed by atoms with van der Waals surface area (Å²) in [6.45, 7) is 10.8. The first-order chi connectivity index (χ1) is 15.9. The lowest BCUT2D eigenvalue weighted by Gasteiger charge is -2.36. The minimum atomic E-state index is -0.0124. The second kappa shape index (κ2) is 8.64. The fraction of sp³-hybridized carbons (Fsp3) is 0.357. The molecule has 1 saturated heterocycles. The number of carbonyl (C=O) groups excluding carboxylic acids is 1. The SMILES string of the molecule is Cc1cn2cc(C3=CC(=O)N4C=C(C5CCN(C(C)C)CC5)C=C/C4=C\C=C3)cc(C)c2n1. The van der Waals surface area contributed by atoms with Gasteiger partial charge >= 0.3 is 0 Å². The van der Waals surface area contributed by atoms with Crippen molar-refractivity contribution in [3.63, 3.8) is 0 Å². The molecule has 5 nitrogen and oxygen atoms in total. The number of fused-ring (bicyclic) bond motifs is 2. The van der Waals surface area contributed by atoms with E-state index in [1.54, 1.807) is 11.0 Å². The third-order valence-electron chi connectivity index (χ3n) is 6.98. The topological polar surface area (TPSA) is 40.9 Å². The van der Waals surface area contributed by atoms with Crippen molar-refractivity contribution in [1.82, 2.24) is 19.2 Å². The first kappa shape index (κ1) is 21.7. The number of piperidine rings is 1. The number of amides is 1. The molecule has 0 radical (unpaired) electrons. The molecule has 5 heteroatoms. The predicted octanol–water partition coefficient (Wildman–Crippen LogP) is 5.19. The van der Waals surface area contributed by atoms with Crippen LogP contribution in [0.2, 0.25) is 0 Å². The minimum absolute atomic E-state index is 0.0124. The van der Waals surface area contributed by atoms with Gasteiger partial charge in [0.15, 0.2) is 0 Å². The maximum Gasteiger partial charge on any atom is 0.255 e. The van der Waals surface area contributed by atoms with Crippen molar-refractivity contribution in [2.45, 2.75) is 46.6 Å². The molecule has 0 N–H and O–H groups in total. The third-order valence-corrected chi connectivity index (χ3v) is 6.98. The molecule has 5 heterocycles. The number of allylic oxidation sites excluding steroid dienone is 7. The van der Waals surface area contributed by atoms with Gasteiger partial charge in [-0.25, -0.2) is 4.98 Å². The highest BCUT2D eigenvalue weighted by molar-refractivity contribution is 6.00. The molecule has 2 aromatic heterocycles. The molecule has 1 amide bonds. The molecule has 5 rings (SSSR count). The van der Waals surface area contributed by atoms with E-state index in [-0.39, 0.29) is 5.91 Å². The zero-order valence-corrected chi connectivity index (χ0v) is 20.0. The van der Waals surface area contributed by atoms with E-state index in [2.05, 4.69) is 61.3 Å². The van der Waals surface area contributed by atoms with Gasteiger partial charge in [0.2, 0.25) is 0 Å². The van der Waals surface area contributed by atoms with E-state index in [9.17, 15) is 4.79 Å². The second-order valence-electron chi connectivity index (χ2n) is 9.65. The standard InChI is InChI=1S/C28H32N4O/c1-19(2)30-12-10-22(11-13-30)24-8-9-26-7-5-6-23(15-27(33)32(26)18-24)25-14-20(3)28-29-21(4)16-31(28)17-25/h5-9,14-19,22H,10-13H2,1-4H3/b6-5?,23-15?,26-7+. The van der Waals surface area contributed by atoms with Gasteiger partial charge in [-0.2, -0.15) is 0 Å². The Bertz CT molecular complexity index is 1250. The van der Waals surface area contributed by atoms with E-state index < -0.39 is 0 Å². The van der Waals surface area contributed by atoms with Gasteiger partial charge in [0.25, 0.3) is 5.91 Å². The van der Waals surface area contributed by atoms with E-state index in [0.717, 1.165) is 59.7 Å². The number of pyridine rings is 1. The Labute approximate surface area is 196 Å². The molecule has 0 unspecified atom stereocenters. The smallest absolute Gasteiger partial charge is 0.255 e. The normalized spacial score (nSPS) is 21.5. The summed E-state index contributed by atoms with van der Waals surface area (Å²) in [4.78, 5) is 22.3. The molecule has 0 spiro atoms. The van der Waals surface area contributed by atoms with Gasteiger partial charge in [-0.15, -0.1) is 0 Å². The molecule has 0 aliphatic carbocycles. The van der Waals surface area contributed by atoms with Crippen LogP contribution in [-0.4, -0.2) is 44.2 Å². The van der Waals surface area contributed by atoms with Crippen LogP contribution in [0.25, 0.3) is 11.2 Å². The fourth-order valence-electron chi connectivity index (χ4n) is 5.08. The summed E-state index contributed by atoms with van der Waals surface area (Å²) in [7, 11) is 0.